The number of aryl methyl sites for hydroxylation is 2. The van der Waals surface area contributed by atoms with Gasteiger partial charge in [0.25, 0.3) is 0 Å². The Labute approximate surface area is 710 Å². The second kappa shape index (κ2) is 47.2. The number of aliphatic hydroxyl groups is 1. The molecule has 44 heteroatoms. The molecule has 43 nitrogen and oxygen atoms in total. The van der Waals surface area contributed by atoms with Crippen molar-refractivity contribution in [3.63, 3.8) is 0 Å². The number of aromatic hydroxyl groups is 1. The Morgan fingerprint density at radius 1 is 0.545 bits per heavy atom. The SMILES string of the molecule is CC(C)[C@H]1NC(=O)[C@@H](Cc2ccccc2)NC(=O)CSC[C@H](C(=O)NCC(N)=O)NC(=O)[C@@H](Cc2cncn2C)NC(=O)[C@@H](CCCNC(=N)N)NC(=O)[C@@H](Cc2cnc[nH]2)NC(=O)[C@@H](Cc2ccc(O)cc2)N(C)C(=O)[C@@H](CCCNC(=N)N)NC(=O)[C@@H](CO)NC(=O)CNC(=O)[C@@H](CCc2cnc[nH]2)NC(=O)[C@@H](Cc2c[nH]c3ccccc23)NC1=O. The molecule has 5 heterocycles. The van der Waals surface area contributed by atoms with Crippen molar-refractivity contribution in [2.75, 3.05) is 51.3 Å². The fourth-order valence-corrected chi connectivity index (χ4v) is 14.1. The molecule has 4 aromatic heterocycles. The summed E-state index contributed by atoms with van der Waals surface area (Å²) in [4.78, 5) is 227. The van der Waals surface area contributed by atoms with Gasteiger partial charge in [-0.05, 0) is 79.3 Å². The minimum atomic E-state index is -1.85. The lowest BCUT2D eigenvalue weighted by atomic mass is 9.99. The number of likely N-dealkylation sites (N-methyl/N-ethyl adjacent to an activating group) is 1. The van der Waals surface area contributed by atoms with E-state index in [9.17, 15) is 43.8 Å². The normalized spacial score (nSPS) is 21.7. The summed E-state index contributed by atoms with van der Waals surface area (Å²) in [5.74, 6) is -16.3. The molecule has 3 aromatic carbocycles. The number of carbonyl (C=O) groups excluding carboxylic acids is 14. The second-order valence-electron chi connectivity index (χ2n) is 29.6. The minimum absolute atomic E-state index is 0.000957. The minimum Gasteiger partial charge on any atom is -0.508 e. The number of aliphatic hydroxyl groups excluding tert-OH is 1. The van der Waals surface area contributed by atoms with Gasteiger partial charge in [0.1, 0.15) is 72.2 Å². The number of H-pyrrole nitrogens is 3. The summed E-state index contributed by atoms with van der Waals surface area (Å²) in [5.41, 5.74) is 19.9. The number of thioether (sulfide) groups is 1. The predicted molar refractivity (Wildman–Crippen MR) is 449 cm³/mol. The molecule has 1 aliphatic rings. The molecule has 0 saturated carbocycles. The Hall–Kier alpha value is -13.9. The average molecular weight is 1720 g/mol. The quantitative estimate of drug-likeness (QED) is 0.0137. The molecule has 660 valence electrons. The summed E-state index contributed by atoms with van der Waals surface area (Å²) in [5, 5.41) is 74.1. The first-order chi connectivity index (χ1) is 58.8. The first kappa shape index (κ1) is 94.5. The number of guanidine groups is 2. The van der Waals surface area contributed by atoms with E-state index in [1.54, 1.807) is 81.7 Å². The number of imidazole rings is 3. The number of primary amides is 1. The highest BCUT2D eigenvalue weighted by Gasteiger charge is 2.40. The largest absolute Gasteiger partial charge is 0.508 e. The number of para-hydroxylation sites is 1. The van der Waals surface area contributed by atoms with Crippen LogP contribution in [0.5, 0.6) is 5.75 Å². The van der Waals surface area contributed by atoms with E-state index in [2.05, 4.69) is 104 Å². The van der Waals surface area contributed by atoms with E-state index < -0.39 is 198 Å². The Morgan fingerprint density at radius 2 is 1.09 bits per heavy atom. The first-order valence-corrected chi connectivity index (χ1v) is 40.7. The van der Waals surface area contributed by atoms with Crippen molar-refractivity contribution in [1.29, 1.82) is 10.8 Å². The lowest BCUT2D eigenvalue weighted by molar-refractivity contribution is -0.143. The van der Waals surface area contributed by atoms with Gasteiger partial charge in [0.15, 0.2) is 11.9 Å². The molecule has 1 aliphatic heterocycles. The number of rotatable bonds is 26. The summed E-state index contributed by atoms with van der Waals surface area (Å²) >= 11 is 0.798. The van der Waals surface area contributed by atoms with Crippen LogP contribution in [-0.2, 0) is 113 Å². The van der Waals surface area contributed by atoms with Crippen molar-refractivity contribution >= 4 is 117 Å². The Balaban J connectivity index is 1.19. The summed E-state index contributed by atoms with van der Waals surface area (Å²) in [7, 11) is 2.81. The fourth-order valence-electron chi connectivity index (χ4n) is 13.2. The van der Waals surface area contributed by atoms with Gasteiger partial charge in [-0.2, -0.15) is 0 Å². The molecule has 0 spiro atoms. The van der Waals surface area contributed by atoms with E-state index in [-0.39, 0.29) is 95.2 Å². The third-order valence-corrected chi connectivity index (χ3v) is 21.0. The Morgan fingerprint density at radius 3 is 1.72 bits per heavy atom. The van der Waals surface area contributed by atoms with E-state index in [1.807, 2.05) is 0 Å². The third-order valence-electron chi connectivity index (χ3n) is 19.9. The molecule has 0 aliphatic carbocycles. The number of carbonyl (C=O) groups is 14. The van der Waals surface area contributed by atoms with Crippen LogP contribution in [0.25, 0.3) is 10.9 Å². The van der Waals surface area contributed by atoms with Crippen LogP contribution in [-0.4, -0.2) is 262 Å². The molecule has 8 rings (SSSR count). The van der Waals surface area contributed by atoms with Gasteiger partial charge in [0.05, 0.1) is 44.4 Å². The summed E-state index contributed by atoms with van der Waals surface area (Å²) in [6.45, 7) is 0.469. The number of nitrogens with one attached hydrogen (secondary N) is 19. The third kappa shape index (κ3) is 30.1. The molecule has 1 saturated heterocycles. The fraction of sp³-hybridized carbons (Fsp3) is 0.430. The molecule has 0 radical (unpaired) electrons. The van der Waals surface area contributed by atoms with Crippen LogP contribution < -0.4 is 91.6 Å². The van der Waals surface area contributed by atoms with Gasteiger partial charge < -0.3 is 126 Å². The highest BCUT2D eigenvalue weighted by molar-refractivity contribution is 8.00. The average Bonchev–Trinajstić information content (AvgIpc) is 1.79. The van der Waals surface area contributed by atoms with E-state index in [0.29, 0.717) is 39.0 Å². The van der Waals surface area contributed by atoms with Gasteiger partial charge >= 0.3 is 0 Å². The van der Waals surface area contributed by atoms with Gasteiger partial charge in [-0.15, -0.1) is 11.8 Å². The van der Waals surface area contributed by atoms with Crippen LogP contribution in [0.3, 0.4) is 0 Å². The van der Waals surface area contributed by atoms with Crippen molar-refractivity contribution < 1.29 is 77.3 Å². The predicted octanol–water partition coefficient (Wildman–Crippen LogP) is -5.49. The number of hydrogen-bond donors (Lipinski definition) is 24. The highest BCUT2D eigenvalue weighted by atomic mass is 32.2. The van der Waals surface area contributed by atoms with Gasteiger partial charge in [-0.1, -0.05) is 74.5 Å². The van der Waals surface area contributed by atoms with Crippen LogP contribution in [0.2, 0.25) is 0 Å². The standard InChI is InChI=1S/C79H107N27O16S/c1-43(2)66-76(121)102-57(28-46-31-90-52-15-9-8-14-51(46)52)70(115)98-54(23-20-47-32-85-40-93-47)67(112)92-36-64(110)96-60(37-107)74(119)99-55(17-11-25-89-79(83)84)77(122)106(4)62(27-45-18-21-50(108)22-19-45)75(120)101-58(29-48-33-86-41-94-48)71(116)97-53(16-10-24-88-78(81)82)69(114)100-59(30-49-34-87-42-105(49)3)72(117)103-61(68(113)91-35-63(80)109)38-123-39-65(111)95-56(73(118)104-66)26-44-12-6-5-7-13-44/h5-9,12-15,18-19,21-22,31-34,40-43,53-62,66,90,107-108H,10-11,16-17,20,23-30,35-39H2,1-4H3,(H2,80,109)(H,85,93)(H,86,94)(H,91,113)(H,92,112)(H,95,111)(H,96,110)(H,97,116)(H,98,115)(H,99,119)(H,100,114)(H,101,120)(H,102,121)(H,103,117)(H,104,118)(H4,81,82,88)(H4,83,84,89)/t53-,54-,55-,56-,57-,58-,59-,60-,61-,62-,66-/m1/s1. The lowest BCUT2D eigenvalue weighted by Gasteiger charge is -2.33. The number of aromatic nitrogens is 7. The summed E-state index contributed by atoms with van der Waals surface area (Å²) < 4.78 is 1.53. The zero-order valence-electron chi connectivity index (χ0n) is 68.2. The molecule has 1 fully saturated rings. The highest BCUT2D eigenvalue weighted by Crippen LogP contribution is 2.22. The first-order valence-electron chi connectivity index (χ1n) is 39.6. The molecule has 123 heavy (non-hydrogen) atoms. The number of phenolic OH excluding ortho intramolecular Hbond substituents is 1. The van der Waals surface area contributed by atoms with E-state index in [4.69, 9.17) is 28.0 Å². The van der Waals surface area contributed by atoms with Crippen LogP contribution in [0.15, 0.2) is 123 Å². The Bertz CT molecular complexity index is 4800. The summed E-state index contributed by atoms with van der Waals surface area (Å²) in [6, 6.07) is 3.66. The molecule has 27 N–H and O–H groups in total. The zero-order chi connectivity index (χ0) is 89.2. The van der Waals surface area contributed by atoms with Crippen molar-refractivity contribution in [1.82, 2.24) is 114 Å². The zero-order valence-corrected chi connectivity index (χ0v) is 69.0. The summed E-state index contributed by atoms with van der Waals surface area (Å²) in [6.07, 6.45) is 7.95. The maximum absolute atomic E-state index is 15.4. The van der Waals surface area contributed by atoms with E-state index >= 15 is 33.6 Å². The maximum Gasteiger partial charge on any atom is 0.245 e. The van der Waals surface area contributed by atoms with Crippen molar-refractivity contribution in [2.24, 2.45) is 30.2 Å². The number of nitrogens with two attached hydrogens (primary N) is 3. The number of hydrogen-bond acceptors (Lipinski definition) is 22. The maximum atomic E-state index is 15.4. The van der Waals surface area contributed by atoms with Gasteiger partial charge in [0.2, 0.25) is 82.7 Å². The molecular weight excluding hydrogens is 1620 g/mol. The van der Waals surface area contributed by atoms with Gasteiger partial charge in [-0.3, -0.25) is 77.9 Å². The number of aromatic amines is 3. The van der Waals surface area contributed by atoms with Gasteiger partial charge in [0, 0.05) is 118 Å². The number of phenols is 1. The number of fused-ring (bicyclic) bond motifs is 1. The number of nitrogens with zero attached hydrogens (tertiary/aromatic N) is 5. The molecule has 14 amide bonds. The molecule has 0 unspecified atom stereocenters. The van der Waals surface area contributed by atoms with Crippen molar-refractivity contribution in [3.8, 4) is 5.75 Å². The topological polar surface area (TPSA) is 668 Å². The second-order valence-corrected chi connectivity index (χ2v) is 30.7. The van der Waals surface area contributed by atoms with Crippen molar-refractivity contribution in [3.05, 3.63) is 156 Å². The van der Waals surface area contributed by atoms with Gasteiger partial charge in [-0.25, -0.2) is 15.0 Å². The van der Waals surface area contributed by atoms with Crippen LogP contribution in [0.4, 0.5) is 0 Å². The molecule has 11 atom stereocenters. The smallest absolute Gasteiger partial charge is 0.245 e. The monoisotopic (exact) mass is 1720 g/mol. The van der Waals surface area contributed by atoms with E-state index in [1.165, 1.54) is 73.5 Å². The number of amides is 14. The molecule has 0 bridgehead atoms. The van der Waals surface area contributed by atoms with Crippen molar-refractivity contribution in [2.45, 2.75) is 151 Å². The lowest BCUT2D eigenvalue weighted by Crippen LogP contribution is -2.61. The Kier molecular flexibility index (Phi) is 36.2. The van der Waals surface area contributed by atoms with Crippen LogP contribution >= 0.6 is 11.8 Å². The van der Waals surface area contributed by atoms with E-state index in [0.717, 1.165) is 16.7 Å². The number of benzene rings is 3. The molecule has 7 aromatic rings. The molecular formula is C79H107N27O16S. The van der Waals surface area contributed by atoms with Crippen LogP contribution in [0, 0.1) is 16.7 Å². The van der Waals surface area contributed by atoms with Crippen LogP contribution in [0.1, 0.15) is 79.7 Å².